The summed E-state index contributed by atoms with van der Waals surface area (Å²) in [5, 5.41) is 3.07. The molecule has 21 heavy (non-hydrogen) atoms. The van der Waals surface area contributed by atoms with Crippen LogP contribution in [0.2, 0.25) is 0 Å². The van der Waals surface area contributed by atoms with Gasteiger partial charge < -0.3 is 5.32 Å². The monoisotopic (exact) mass is 310 g/mol. The number of rotatable bonds is 4. The summed E-state index contributed by atoms with van der Waals surface area (Å²) < 4.78 is 27.7. The molecule has 0 amide bonds. The summed E-state index contributed by atoms with van der Waals surface area (Å²) in [7, 11) is -1.55. The van der Waals surface area contributed by atoms with E-state index in [1.54, 1.807) is 4.31 Å². The second kappa shape index (κ2) is 6.46. The van der Waals surface area contributed by atoms with E-state index < -0.39 is 10.0 Å². The van der Waals surface area contributed by atoms with Crippen LogP contribution >= 0.6 is 0 Å². The molecule has 0 aromatic heterocycles. The standard InChI is InChI=1S/C16H26N2O2S/c1-12-5-7-14(3)18(11-12)21(19,20)16-9-15(10-17-4)8-6-13(16)2/h6,8-9,12,14,17H,5,7,10-11H2,1-4H3. The lowest BCUT2D eigenvalue weighted by Gasteiger charge is -2.36. The lowest BCUT2D eigenvalue weighted by Crippen LogP contribution is -2.45. The van der Waals surface area contributed by atoms with E-state index in [0.717, 1.165) is 24.0 Å². The van der Waals surface area contributed by atoms with Crippen LogP contribution in [0.25, 0.3) is 0 Å². The predicted molar refractivity (Wildman–Crippen MR) is 85.7 cm³/mol. The van der Waals surface area contributed by atoms with Crippen molar-refractivity contribution in [3.63, 3.8) is 0 Å². The summed E-state index contributed by atoms with van der Waals surface area (Å²) in [6.07, 6.45) is 2.04. The Balaban J connectivity index is 2.40. The van der Waals surface area contributed by atoms with E-state index in [0.29, 0.717) is 23.9 Å². The van der Waals surface area contributed by atoms with Crippen LogP contribution in [0.1, 0.15) is 37.8 Å². The molecule has 5 heteroatoms. The Bertz CT molecular complexity index is 598. The maximum Gasteiger partial charge on any atom is 0.243 e. The van der Waals surface area contributed by atoms with Crippen LogP contribution in [0, 0.1) is 12.8 Å². The summed E-state index contributed by atoms with van der Waals surface area (Å²) >= 11 is 0. The molecule has 1 aromatic carbocycles. The maximum atomic E-state index is 13.0. The molecule has 0 radical (unpaired) electrons. The molecule has 4 nitrogen and oxygen atoms in total. The van der Waals surface area contributed by atoms with Gasteiger partial charge in [-0.3, -0.25) is 0 Å². The Morgan fingerprint density at radius 3 is 2.67 bits per heavy atom. The third-order valence-electron chi connectivity index (χ3n) is 4.28. The van der Waals surface area contributed by atoms with Crippen LogP contribution in [0.3, 0.4) is 0 Å². The van der Waals surface area contributed by atoms with Crippen molar-refractivity contribution in [2.45, 2.75) is 51.1 Å². The number of nitrogens with one attached hydrogen (secondary N) is 1. The molecule has 1 heterocycles. The first-order valence-electron chi connectivity index (χ1n) is 7.62. The quantitative estimate of drug-likeness (QED) is 0.929. The van der Waals surface area contributed by atoms with Crippen LogP contribution in [0.15, 0.2) is 23.1 Å². The highest BCUT2D eigenvalue weighted by atomic mass is 32.2. The molecule has 1 fully saturated rings. The minimum Gasteiger partial charge on any atom is -0.316 e. The topological polar surface area (TPSA) is 49.4 Å². The van der Waals surface area contributed by atoms with E-state index in [4.69, 9.17) is 0 Å². The molecule has 1 aliphatic rings. The molecule has 1 aliphatic heterocycles. The van der Waals surface area contributed by atoms with Crippen LogP contribution in [-0.4, -0.2) is 32.4 Å². The predicted octanol–water partition coefficient (Wildman–Crippen LogP) is 2.52. The zero-order valence-corrected chi connectivity index (χ0v) is 14.2. The van der Waals surface area contributed by atoms with E-state index in [1.165, 1.54) is 0 Å². The highest BCUT2D eigenvalue weighted by molar-refractivity contribution is 7.89. The van der Waals surface area contributed by atoms with Crippen LogP contribution in [0.4, 0.5) is 0 Å². The van der Waals surface area contributed by atoms with Gasteiger partial charge >= 0.3 is 0 Å². The van der Waals surface area contributed by atoms with Crippen molar-refractivity contribution in [2.75, 3.05) is 13.6 Å². The summed E-state index contributed by atoms with van der Waals surface area (Å²) in [5.41, 5.74) is 1.82. The Morgan fingerprint density at radius 2 is 2.00 bits per heavy atom. The van der Waals surface area contributed by atoms with Crippen molar-refractivity contribution in [3.8, 4) is 0 Å². The van der Waals surface area contributed by atoms with Crippen molar-refractivity contribution >= 4 is 10.0 Å². The molecule has 1 saturated heterocycles. The molecule has 0 saturated carbocycles. The van der Waals surface area contributed by atoms with Crippen LogP contribution in [-0.2, 0) is 16.6 Å². The van der Waals surface area contributed by atoms with Gasteiger partial charge in [-0.2, -0.15) is 4.31 Å². The molecule has 1 aromatic rings. The minimum atomic E-state index is -3.41. The van der Waals surface area contributed by atoms with E-state index in [-0.39, 0.29) is 6.04 Å². The van der Waals surface area contributed by atoms with Gasteiger partial charge in [0.25, 0.3) is 0 Å². The first kappa shape index (κ1) is 16.5. The molecule has 118 valence electrons. The zero-order valence-electron chi connectivity index (χ0n) is 13.4. The number of sulfonamides is 1. The lowest BCUT2D eigenvalue weighted by molar-refractivity contribution is 0.218. The maximum absolute atomic E-state index is 13.0. The smallest absolute Gasteiger partial charge is 0.243 e. The van der Waals surface area contributed by atoms with Crippen LogP contribution in [0.5, 0.6) is 0 Å². The van der Waals surface area contributed by atoms with Gasteiger partial charge in [-0.05, 0) is 56.8 Å². The first-order valence-corrected chi connectivity index (χ1v) is 9.06. The summed E-state index contributed by atoms with van der Waals surface area (Å²) in [6.45, 7) is 7.30. The van der Waals surface area contributed by atoms with Gasteiger partial charge in [0.1, 0.15) is 0 Å². The Morgan fingerprint density at radius 1 is 1.29 bits per heavy atom. The summed E-state index contributed by atoms with van der Waals surface area (Å²) in [5.74, 6) is 0.428. The Labute approximate surface area is 128 Å². The SMILES string of the molecule is CNCc1ccc(C)c(S(=O)(=O)N2CC(C)CCC2C)c1. The highest BCUT2D eigenvalue weighted by Crippen LogP contribution is 2.29. The van der Waals surface area contributed by atoms with Gasteiger partial charge in [0.05, 0.1) is 4.90 Å². The number of nitrogens with zero attached hydrogens (tertiary/aromatic N) is 1. The largest absolute Gasteiger partial charge is 0.316 e. The number of piperidine rings is 1. The molecule has 2 atom stereocenters. The van der Waals surface area contributed by atoms with Gasteiger partial charge in [0.2, 0.25) is 10.0 Å². The number of hydrogen-bond donors (Lipinski definition) is 1. The average Bonchev–Trinajstić information content (AvgIpc) is 2.43. The fourth-order valence-corrected chi connectivity index (χ4v) is 5.00. The van der Waals surface area contributed by atoms with Crippen molar-refractivity contribution < 1.29 is 8.42 Å². The van der Waals surface area contributed by atoms with Gasteiger partial charge in [0, 0.05) is 19.1 Å². The molecule has 0 bridgehead atoms. The minimum absolute atomic E-state index is 0.0820. The first-order chi connectivity index (χ1) is 9.86. The van der Waals surface area contributed by atoms with E-state index in [9.17, 15) is 8.42 Å². The Hall–Kier alpha value is -0.910. The lowest BCUT2D eigenvalue weighted by atomic mass is 9.97. The van der Waals surface area contributed by atoms with Crippen molar-refractivity contribution in [3.05, 3.63) is 29.3 Å². The van der Waals surface area contributed by atoms with Crippen LogP contribution < -0.4 is 5.32 Å². The Kier molecular flexibility index (Phi) is 5.07. The molecule has 1 N–H and O–H groups in total. The number of benzene rings is 1. The molecule has 0 aliphatic carbocycles. The third-order valence-corrected chi connectivity index (χ3v) is 6.40. The molecular formula is C16H26N2O2S. The fourth-order valence-electron chi connectivity index (χ4n) is 2.95. The van der Waals surface area contributed by atoms with E-state index in [1.807, 2.05) is 39.1 Å². The van der Waals surface area contributed by atoms with Gasteiger partial charge in [-0.1, -0.05) is 19.1 Å². The fraction of sp³-hybridized carbons (Fsp3) is 0.625. The second-order valence-electron chi connectivity index (χ2n) is 6.24. The van der Waals surface area contributed by atoms with E-state index >= 15 is 0 Å². The second-order valence-corrected chi connectivity index (χ2v) is 8.10. The average molecular weight is 310 g/mol. The van der Waals surface area contributed by atoms with Crippen molar-refractivity contribution in [1.29, 1.82) is 0 Å². The summed E-state index contributed by atoms with van der Waals surface area (Å²) in [4.78, 5) is 0.455. The van der Waals surface area contributed by atoms with Gasteiger partial charge in [-0.15, -0.1) is 0 Å². The summed E-state index contributed by atoms with van der Waals surface area (Å²) in [6, 6.07) is 5.77. The van der Waals surface area contributed by atoms with Gasteiger partial charge in [-0.25, -0.2) is 8.42 Å². The normalized spacial score (nSPS) is 24.2. The zero-order chi connectivity index (χ0) is 15.6. The molecule has 2 unspecified atom stereocenters. The van der Waals surface area contributed by atoms with Crippen molar-refractivity contribution in [2.24, 2.45) is 5.92 Å². The van der Waals surface area contributed by atoms with Gasteiger partial charge in [0.15, 0.2) is 0 Å². The van der Waals surface area contributed by atoms with E-state index in [2.05, 4.69) is 12.2 Å². The number of hydrogen-bond acceptors (Lipinski definition) is 3. The van der Waals surface area contributed by atoms with Crippen molar-refractivity contribution in [1.82, 2.24) is 9.62 Å². The molecule has 2 rings (SSSR count). The highest BCUT2D eigenvalue weighted by Gasteiger charge is 2.34. The molecular weight excluding hydrogens is 284 g/mol. The third kappa shape index (κ3) is 3.47. The molecule has 0 spiro atoms. The number of aryl methyl sites for hydroxylation is 1.